The van der Waals surface area contributed by atoms with Crippen LogP contribution in [0.25, 0.3) is 28.3 Å². The van der Waals surface area contributed by atoms with Crippen LogP contribution < -0.4 is 5.56 Å². The van der Waals surface area contributed by atoms with Gasteiger partial charge in [0.25, 0.3) is 11.5 Å². The van der Waals surface area contributed by atoms with Crippen molar-refractivity contribution < 1.29 is 13.9 Å². The Hall–Kier alpha value is -3.75. The number of fused-ring (bicyclic) bond motifs is 1. The van der Waals surface area contributed by atoms with E-state index in [1.807, 2.05) is 13.8 Å². The van der Waals surface area contributed by atoms with Gasteiger partial charge in [-0.25, -0.2) is 4.79 Å². The van der Waals surface area contributed by atoms with Gasteiger partial charge in [-0.05, 0) is 31.0 Å². The van der Waals surface area contributed by atoms with Crippen LogP contribution >= 0.6 is 0 Å². The van der Waals surface area contributed by atoms with Crippen LogP contribution in [0.3, 0.4) is 0 Å². The van der Waals surface area contributed by atoms with Crippen molar-refractivity contribution in [2.24, 2.45) is 0 Å². The average molecular weight is 393 g/mol. The number of aromatic amines is 1. The number of H-pyrrole nitrogens is 1. The number of nitrogens with zero attached hydrogens (tertiary/aromatic N) is 4. The quantitative estimate of drug-likeness (QED) is 0.518. The molecule has 0 fully saturated rings. The number of aromatic nitrogens is 5. The van der Waals surface area contributed by atoms with E-state index in [1.54, 1.807) is 24.4 Å². The van der Waals surface area contributed by atoms with Gasteiger partial charge in [0.05, 0.1) is 35.7 Å². The van der Waals surface area contributed by atoms with Gasteiger partial charge in [-0.15, -0.1) is 5.10 Å². The number of furan rings is 1. The Balaban J connectivity index is 1.96. The number of esters is 1. The molecule has 4 aromatic rings. The molecule has 9 heteroatoms. The van der Waals surface area contributed by atoms with Crippen molar-refractivity contribution in [2.75, 3.05) is 7.11 Å². The van der Waals surface area contributed by atoms with Crippen LogP contribution in [0, 0.1) is 0 Å². The molecular weight excluding hydrogens is 374 g/mol. The van der Waals surface area contributed by atoms with Gasteiger partial charge < -0.3 is 9.15 Å². The molecule has 4 heterocycles. The highest BCUT2D eigenvalue weighted by Crippen LogP contribution is 2.24. The summed E-state index contributed by atoms with van der Waals surface area (Å²) in [6, 6.07) is 5.17. The van der Waals surface area contributed by atoms with Crippen LogP contribution in [0.15, 0.2) is 39.9 Å². The monoisotopic (exact) mass is 393 g/mol. The van der Waals surface area contributed by atoms with Crippen LogP contribution in [-0.4, -0.2) is 37.8 Å². The number of hydrogen-bond donors (Lipinski definition) is 1. The smallest absolute Gasteiger partial charge is 0.340 e. The highest BCUT2D eigenvalue weighted by molar-refractivity contribution is 6.05. The van der Waals surface area contributed by atoms with Gasteiger partial charge in [0.1, 0.15) is 0 Å². The Morgan fingerprint density at radius 3 is 2.66 bits per heavy atom. The first-order chi connectivity index (χ1) is 14.1. The predicted octanol–water partition coefficient (Wildman–Crippen LogP) is 2.68. The lowest BCUT2D eigenvalue weighted by Gasteiger charge is -2.13. The topological polar surface area (TPSA) is 116 Å². The number of carbonyl (C=O) groups excluding carboxylic acids is 1. The van der Waals surface area contributed by atoms with Crippen molar-refractivity contribution >= 4 is 16.7 Å². The fourth-order valence-corrected chi connectivity index (χ4v) is 3.34. The summed E-state index contributed by atoms with van der Waals surface area (Å²) >= 11 is 0. The fraction of sp³-hybridized carbons (Fsp3) is 0.250. The van der Waals surface area contributed by atoms with Gasteiger partial charge >= 0.3 is 5.97 Å². The Labute approximate surface area is 165 Å². The van der Waals surface area contributed by atoms with E-state index in [1.165, 1.54) is 17.9 Å². The van der Waals surface area contributed by atoms with E-state index in [9.17, 15) is 9.59 Å². The molecule has 0 radical (unpaired) electrons. The van der Waals surface area contributed by atoms with Crippen LogP contribution in [0.1, 0.15) is 35.6 Å². The normalized spacial score (nSPS) is 11.1. The molecule has 1 N–H and O–H groups in total. The van der Waals surface area contributed by atoms with Crippen molar-refractivity contribution in [3.8, 4) is 17.5 Å². The maximum atomic E-state index is 13.3. The second kappa shape index (κ2) is 7.34. The molecule has 0 unspecified atom stereocenters. The van der Waals surface area contributed by atoms with Crippen LogP contribution in [0.4, 0.5) is 0 Å². The van der Waals surface area contributed by atoms with E-state index in [2.05, 4.69) is 20.2 Å². The molecule has 4 rings (SSSR count). The van der Waals surface area contributed by atoms with E-state index < -0.39 is 5.97 Å². The lowest BCUT2D eigenvalue weighted by atomic mass is 10.0. The Morgan fingerprint density at radius 1 is 1.21 bits per heavy atom. The number of rotatable bonds is 5. The molecule has 0 amide bonds. The number of aryl methyl sites for hydroxylation is 2. The zero-order chi connectivity index (χ0) is 20.5. The van der Waals surface area contributed by atoms with Gasteiger partial charge in [-0.1, -0.05) is 13.8 Å². The molecule has 0 aromatic carbocycles. The van der Waals surface area contributed by atoms with Crippen molar-refractivity contribution in [1.29, 1.82) is 0 Å². The summed E-state index contributed by atoms with van der Waals surface area (Å²) in [5.74, 6) is 0.568. The summed E-state index contributed by atoms with van der Waals surface area (Å²) in [4.78, 5) is 34.6. The molecule has 4 aromatic heterocycles. The second-order valence-corrected chi connectivity index (χ2v) is 6.32. The third-order valence-electron chi connectivity index (χ3n) is 4.71. The number of carbonyl (C=O) groups is 1. The molecule has 0 spiro atoms. The number of nitrogens with one attached hydrogen (secondary N) is 1. The Bertz CT molecular complexity index is 1250. The van der Waals surface area contributed by atoms with Gasteiger partial charge in [-0.3, -0.25) is 19.4 Å². The van der Waals surface area contributed by atoms with Crippen molar-refractivity contribution in [1.82, 2.24) is 24.7 Å². The minimum atomic E-state index is -0.517. The molecular formula is C20H19N5O4. The predicted molar refractivity (Wildman–Crippen MR) is 105 cm³/mol. The lowest BCUT2D eigenvalue weighted by Crippen LogP contribution is -2.22. The molecule has 0 bridgehead atoms. The lowest BCUT2D eigenvalue weighted by molar-refractivity contribution is 0.0601. The molecule has 0 aliphatic rings. The third-order valence-corrected chi connectivity index (χ3v) is 4.71. The zero-order valence-corrected chi connectivity index (χ0v) is 16.2. The number of pyridine rings is 2. The molecule has 0 saturated carbocycles. The Kier molecular flexibility index (Phi) is 4.71. The summed E-state index contributed by atoms with van der Waals surface area (Å²) < 4.78 is 11.6. The van der Waals surface area contributed by atoms with Gasteiger partial charge in [0.15, 0.2) is 11.6 Å². The Morgan fingerprint density at radius 2 is 2.00 bits per heavy atom. The van der Waals surface area contributed by atoms with E-state index in [-0.39, 0.29) is 11.5 Å². The molecule has 0 aliphatic heterocycles. The molecule has 0 saturated heterocycles. The summed E-state index contributed by atoms with van der Waals surface area (Å²) in [6.07, 6.45) is 4.16. The van der Waals surface area contributed by atoms with Gasteiger partial charge in [0, 0.05) is 11.6 Å². The fourth-order valence-electron chi connectivity index (χ4n) is 3.34. The largest absolute Gasteiger partial charge is 0.465 e. The molecule has 148 valence electrons. The molecule has 9 nitrogen and oxygen atoms in total. The number of ether oxygens (including phenoxy) is 1. The van der Waals surface area contributed by atoms with E-state index >= 15 is 0 Å². The SMILES string of the molecule is CCc1nc(CC)c2c(=O)n(-c3n[nH]c(-c4ccco4)n3)ccc2c1C(=O)OC. The van der Waals surface area contributed by atoms with Crippen LogP contribution in [0.5, 0.6) is 0 Å². The van der Waals surface area contributed by atoms with Crippen molar-refractivity contribution in [3.05, 3.63) is 58.0 Å². The van der Waals surface area contributed by atoms with Gasteiger partial charge in [0.2, 0.25) is 0 Å². The molecule has 0 aliphatic carbocycles. The van der Waals surface area contributed by atoms with E-state index in [0.717, 1.165) is 0 Å². The van der Waals surface area contributed by atoms with Crippen LogP contribution in [0.2, 0.25) is 0 Å². The maximum Gasteiger partial charge on any atom is 0.340 e. The van der Waals surface area contributed by atoms with Gasteiger partial charge in [-0.2, -0.15) is 4.98 Å². The minimum Gasteiger partial charge on any atom is -0.465 e. The van der Waals surface area contributed by atoms with E-state index in [4.69, 9.17) is 9.15 Å². The summed E-state index contributed by atoms with van der Waals surface area (Å²) in [5, 5.41) is 7.77. The summed E-state index contributed by atoms with van der Waals surface area (Å²) in [7, 11) is 1.31. The third kappa shape index (κ3) is 3.00. The van der Waals surface area contributed by atoms with E-state index in [0.29, 0.717) is 52.2 Å². The number of methoxy groups -OCH3 is 1. The standard InChI is InChI=1S/C20H19N5O4/c1-4-12-15-11(16(19(27)28-3)13(5-2)21-12)8-9-25(18(15)26)20-22-17(23-24-20)14-7-6-10-29-14/h6-10H,4-5H2,1-3H3,(H,22,23,24). The minimum absolute atomic E-state index is 0.171. The molecule has 0 atom stereocenters. The first kappa shape index (κ1) is 18.6. The van der Waals surface area contributed by atoms with Crippen molar-refractivity contribution in [2.45, 2.75) is 26.7 Å². The second-order valence-electron chi connectivity index (χ2n) is 6.32. The van der Waals surface area contributed by atoms with Crippen LogP contribution in [-0.2, 0) is 17.6 Å². The highest BCUT2D eigenvalue weighted by atomic mass is 16.5. The molecule has 29 heavy (non-hydrogen) atoms. The summed E-state index contributed by atoms with van der Waals surface area (Å²) in [5.41, 5.74) is 1.18. The average Bonchev–Trinajstić information content (AvgIpc) is 3.44. The highest BCUT2D eigenvalue weighted by Gasteiger charge is 2.22. The zero-order valence-electron chi connectivity index (χ0n) is 16.2. The first-order valence-electron chi connectivity index (χ1n) is 9.21. The number of hydrogen-bond acceptors (Lipinski definition) is 7. The summed E-state index contributed by atoms with van der Waals surface area (Å²) in [6.45, 7) is 3.82. The maximum absolute atomic E-state index is 13.3. The van der Waals surface area contributed by atoms with Crippen molar-refractivity contribution in [3.63, 3.8) is 0 Å². The first-order valence-corrected chi connectivity index (χ1v) is 9.21.